The van der Waals surface area contributed by atoms with Gasteiger partial charge in [-0.25, -0.2) is 5.26 Å². The Balaban J connectivity index is 0. The van der Waals surface area contributed by atoms with Crippen molar-refractivity contribution in [3.05, 3.63) is 0 Å². The van der Waals surface area contributed by atoms with E-state index in [2.05, 4.69) is 27.3 Å². The number of hydrogen-bond acceptors (Lipinski definition) is 1. The maximum atomic E-state index is 6.50. The number of nitriles is 1. The van der Waals surface area contributed by atoms with Gasteiger partial charge in [0.1, 0.15) is 0 Å². The number of hydrogen-bond donors (Lipinski definition) is 0. The van der Waals surface area contributed by atoms with Crippen LogP contribution in [0, 0.1) is 17.8 Å². The second-order valence-corrected chi connectivity index (χ2v) is 3.95. The Morgan fingerprint density at radius 2 is 1.38 bits per heavy atom. The van der Waals surface area contributed by atoms with Crippen molar-refractivity contribution < 1.29 is 0 Å². The number of unbranched alkanes of at least 4 members (excludes halogenated alkanes) is 5. The van der Waals surface area contributed by atoms with Crippen molar-refractivity contribution in [3.63, 3.8) is 0 Å². The molecule has 0 rings (SSSR count). The van der Waals surface area contributed by atoms with Crippen molar-refractivity contribution in [2.24, 2.45) is 5.92 Å². The molecule has 0 unspecified atom stereocenters. The quantitative estimate of drug-likeness (QED) is 0.532. The highest BCUT2D eigenvalue weighted by Crippen LogP contribution is 2.10. The average Bonchev–Trinajstić information content (AvgIpc) is 2.14. The number of rotatable bonds is 7. The first kappa shape index (κ1) is 15.0. The average molecular weight is 183 g/mol. The van der Waals surface area contributed by atoms with Crippen LogP contribution in [0.25, 0.3) is 0 Å². The molecule has 0 aromatic rings. The van der Waals surface area contributed by atoms with Crippen molar-refractivity contribution in [1.29, 1.82) is 5.26 Å². The molecule has 0 radical (unpaired) electrons. The summed E-state index contributed by atoms with van der Waals surface area (Å²) < 4.78 is 0. The summed E-state index contributed by atoms with van der Waals surface area (Å²) in [4.78, 5) is 0. The first-order valence-corrected chi connectivity index (χ1v) is 5.53. The van der Waals surface area contributed by atoms with Gasteiger partial charge in [0.2, 0.25) is 0 Å². The molecule has 1 heteroatoms. The van der Waals surface area contributed by atoms with Gasteiger partial charge in [0, 0.05) is 6.57 Å². The van der Waals surface area contributed by atoms with E-state index in [-0.39, 0.29) is 0 Å². The highest BCUT2D eigenvalue weighted by molar-refractivity contribution is 4.47. The zero-order chi connectivity index (χ0) is 10.5. The maximum Gasteiger partial charge on any atom is 0.0462 e. The molecule has 0 aromatic carbocycles. The third kappa shape index (κ3) is 18.4. The first-order valence-electron chi connectivity index (χ1n) is 5.53. The van der Waals surface area contributed by atoms with Crippen LogP contribution in [0.2, 0.25) is 0 Å². The minimum atomic E-state index is 0.904. The maximum absolute atomic E-state index is 6.50. The molecule has 0 spiro atoms. The Bertz CT molecular complexity index is 94.5. The SMILES string of the molecule is C#N.CCCCCCCCC(C)C. The number of nitrogens with zero attached hydrogens (tertiary/aromatic N) is 1. The molecule has 0 heterocycles. The van der Waals surface area contributed by atoms with Crippen LogP contribution in [0.15, 0.2) is 0 Å². The lowest BCUT2D eigenvalue weighted by atomic mass is 10.0. The van der Waals surface area contributed by atoms with Crippen LogP contribution in [0.4, 0.5) is 0 Å². The standard InChI is InChI=1S/C11H24.CHN/c1-4-5-6-7-8-9-10-11(2)3;1-2/h11H,4-10H2,1-3H3;1H. The lowest BCUT2D eigenvalue weighted by molar-refractivity contribution is 0.514. The van der Waals surface area contributed by atoms with E-state index < -0.39 is 0 Å². The van der Waals surface area contributed by atoms with Crippen LogP contribution in [-0.4, -0.2) is 0 Å². The van der Waals surface area contributed by atoms with Gasteiger partial charge >= 0.3 is 0 Å². The van der Waals surface area contributed by atoms with Gasteiger partial charge in [0.15, 0.2) is 0 Å². The van der Waals surface area contributed by atoms with Crippen LogP contribution in [0.3, 0.4) is 0 Å². The summed E-state index contributed by atoms with van der Waals surface area (Å²) in [6.45, 7) is 10.4. The normalized spacial score (nSPS) is 9.38. The predicted octanol–water partition coefficient (Wildman–Crippen LogP) is 4.53. The van der Waals surface area contributed by atoms with Crippen molar-refractivity contribution in [3.8, 4) is 6.57 Å². The largest absolute Gasteiger partial charge is 0.202 e. The van der Waals surface area contributed by atoms with Gasteiger partial charge in [-0.05, 0) is 5.92 Å². The summed E-state index contributed by atoms with van der Waals surface area (Å²) in [5.41, 5.74) is 0. The minimum absolute atomic E-state index is 0.904. The van der Waals surface area contributed by atoms with E-state index in [4.69, 9.17) is 5.26 Å². The molecule has 0 aliphatic carbocycles. The van der Waals surface area contributed by atoms with E-state index in [1.807, 2.05) is 0 Å². The lowest BCUT2D eigenvalue weighted by Crippen LogP contribution is -1.86. The summed E-state index contributed by atoms with van der Waals surface area (Å²) in [7, 11) is 0. The zero-order valence-electron chi connectivity index (χ0n) is 9.55. The first-order chi connectivity index (χ1) is 6.27. The summed E-state index contributed by atoms with van der Waals surface area (Å²) in [6.07, 6.45) is 10.0. The molecule has 0 saturated carbocycles. The molecule has 0 bridgehead atoms. The van der Waals surface area contributed by atoms with E-state index in [9.17, 15) is 0 Å². The van der Waals surface area contributed by atoms with Crippen molar-refractivity contribution in [1.82, 2.24) is 0 Å². The van der Waals surface area contributed by atoms with Gasteiger partial charge < -0.3 is 0 Å². The molecule has 0 N–H and O–H groups in total. The molecule has 0 aliphatic heterocycles. The fourth-order valence-corrected chi connectivity index (χ4v) is 1.33. The molecule has 0 atom stereocenters. The molecule has 0 aliphatic rings. The van der Waals surface area contributed by atoms with Gasteiger partial charge in [-0.3, -0.25) is 0 Å². The van der Waals surface area contributed by atoms with Crippen LogP contribution < -0.4 is 0 Å². The minimum Gasteiger partial charge on any atom is -0.202 e. The second-order valence-electron chi connectivity index (χ2n) is 3.95. The topological polar surface area (TPSA) is 23.8 Å². The Kier molecular flexibility index (Phi) is 16.2. The van der Waals surface area contributed by atoms with Crippen molar-refractivity contribution >= 4 is 0 Å². The highest BCUT2D eigenvalue weighted by atomic mass is 14.2. The van der Waals surface area contributed by atoms with Crippen LogP contribution in [0.1, 0.15) is 65.7 Å². The van der Waals surface area contributed by atoms with Crippen LogP contribution in [0.5, 0.6) is 0 Å². The van der Waals surface area contributed by atoms with Gasteiger partial charge in [-0.15, -0.1) is 0 Å². The summed E-state index contributed by atoms with van der Waals surface area (Å²) in [5, 5.41) is 6.50. The van der Waals surface area contributed by atoms with E-state index >= 15 is 0 Å². The molecule has 0 aromatic heterocycles. The molecule has 0 saturated heterocycles. The van der Waals surface area contributed by atoms with E-state index in [1.54, 1.807) is 0 Å². The summed E-state index contributed by atoms with van der Waals surface area (Å²) in [6, 6.07) is 0. The fourth-order valence-electron chi connectivity index (χ4n) is 1.33. The second kappa shape index (κ2) is 14.0. The van der Waals surface area contributed by atoms with E-state index in [1.165, 1.54) is 44.9 Å². The molecule has 0 fully saturated rings. The lowest BCUT2D eigenvalue weighted by Gasteiger charge is -2.03. The molecule has 13 heavy (non-hydrogen) atoms. The third-order valence-corrected chi connectivity index (χ3v) is 2.14. The Labute approximate surface area is 84.2 Å². The van der Waals surface area contributed by atoms with Gasteiger partial charge in [0.25, 0.3) is 0 Å². The van der Waals surface area contributed by atoms with Crippen molar-refractivity contribution in [2.75, 3.05) is 0 Å². The van der Waals surface area contributed by atoms with Gasteiger partial charge in [-0.1, -0.05) is 65.7 Å². The smallest absolute Gasteiger partial charge is 0.0462 e. The Morgan fingerprint density at radius 1 is 0.923 bits per heavy atom. The molecule has 78 valence electrons. The molecule has 1 nitrogen and oxygen atoms in total. The fraction of sp³-hybridized carbons (Fsp3) is 0.917. The van der Waals surface area contributed by atoms with E-state index in [0.29, 0.717) is 0 Å². The van der Waals surface area contributed by atoms with Crippen molar-refractivity contribution in [2.45, 2.75) is 65.7 Å². The highest BCUT2D eigenvalue weighted by Gasteiger charge is 1.93. The zero-order valence-corrected chi connectivity index (χ0v) is 9.55. The Hall–Kier alpha value is -0.510. The molecular formula is C12H25N. The molecule has 0 amide bonds. The molecular weight excluding hydrogens is 158 g/mol. The summed E-state index contributed by atoms with van der Waals surface area (Å²) >= 11 is 0. The van der Waals surface area contributed by atoms with Crippen LogP contribution in [-0.2, 0) is 0 Å². The van der Waals surface area contributed by atoms with Gasteiger partial charge in [0.05, 0.1) is 0 Å². The van der Waals surface area contributed by atoms with Crippen LogP contribution >= 0.6 is 0 Å². The van der Waals surface area contributed by atoms with E-state index in [0.717, 1.165) is 5.92 Å². The summed E-state index contributed by atoms with van der Waals surface area (Å²) in [5.74, 6) is 0.904. The third-order valence-electron chi connectivity index (χ3n) is 2.14. The van der Waals surface area contributed by atoms with Gasteiger partial charge in [-0.2, -0.15) is 0 Å². The monoisotopic (exact) mass is 183 g/mol. The predicted molar refractivity (Wildman–Crippen MR) is 59.5 cm³/mol. The Morgan fingerprint density at radius 3 is 1.85 bits per heavy atom.